The van der Waals surface area contributed by atoms with Crippen molar-refractivity contribution in [1.82, 2.24) is 4.98 Å². The fourth-order valence-corrected chi connectivity index (χ4v) is 3.07. The number of ether oxygens (including phenoxy) is 1. The Morgan fingerprint density at radius 1 is 1.27 bits per heavy atom. The van der Waals surface area contributed by atoms with Crippen LogP contribution in [0.1, 0.15) is 17.2 Å². The molecule has 1 aromatic carbocycles. The predicted octanol–water partition coefficient (Wildman–Crippen LogP) is 4.01. The van der Waals surface area contributed by atoms with Gasteiger partial charge in [0.15, 0.2) is 11.6 Å². The highest BCUT2D eigenvalue weighted by Crippen LogP contribution is 2.28. The van der Waals surface area contributed by atoms with E-state index in [9.17, 15) is 8.78 Å². The highest BCUT2D eigenvalue weighted by atomic mass is 79.9. The molecule has 0 saturated carbocycles. The van der Waals surface area contributed by atoms with Crippen molar-refractivity contribution in [3.63, 3.8) is 0 Å². The number of hydrogen-bond acceptors (Lipinski definition) is 3. The number of morpholine rings is 1. The summed E-state index contributed by atoms with van der Waals surface area (Å²) >= 11 is 3.40. The second-order valence-corrected chi connectivity index (χ2v) is 6.19. The molecule has 1 aromatic heterocycles. The summed E-state index contributed by atoms with van der Waals surface area (Å²) in [7, 11) is 0. The molecule has 1 atom stereocenters. The number of hydrogen-bond donors (Lipinski definition) is 0. The van der Waals surface area contributed by atoms with E-state index in [4.69, 9.17) is 4.74 Å². The zero-order chi connectivity index (χ0) is 15.7. The molecular formula is C16H15BrF2N2O. The molecule has 6 heteroatoms. The first kappa shape index (κ1) is 15.4. The number of aromatic nitrogens is 1. The monoisotopic (exact) mass is 368 g/mol. The van der Waals surface area contributed by atoms with Gasteiger partial charge in [0.25, 0.3) is 0 Å². The van der Waals surface area contributed by atoms with Gasteiger partial charge in [-0.25, -0.2) is 13.8 Å². The Hall–Kier alpha value is -1.53. The summed E-state index contributed by atoms with van der Waals surface area (Å²) in [5.41, 5.74) is 1.69. The molecule has 0 bridgehead atoms. The van der Waals surface area contributed by atoms with Gasteiger partial charge in [-0.05, 0) is 52.2 Å². The molecule has 3 rings (SSSR count). The van der Waals surface area contributed by atoms with E-state index in [2.05, 4.69) is 25.8 Å². The molecule has 1 aliphatic heterocycles. The zero-order valence-electron chi connectivity index (χ0n) is 12.0. The summed E-state index contributed by atoms with van der Waals surface area (Å²) in [6.07, 6.45) is 1.46. The van der Waals surface area contributed by atoms with E-state index in [1.165, 1.54) is 6.07 Å². The van der Waals surface area contributed by atoms with Crippen LogP contribution in [0.15, 0.2) is 34.9 Å². The smallest absolute Gasteiger partial charge is 0.159 e. The van der Waals surface area contributed by atoms with Crippen molar-refractivity contribution in [1.29, 1.82) is 0 Å². The van der Waals surface area contributed by atoms with Gasteiger partial charge in [0, 0.05) is 23.8 Å². The summed E-state index contributed by atoms with van der Waals surface area (Å²) in [5.74, 6) is -0.808. The average Bonchev–Trinajstić information content (AvgIpc) is 2.50. The van der Waals surface area contributed by atoms with Crippen molar-refractivity contribution in [3.05, 3.63) is 57.7 Å². The first-order valence-electron chi connectivity index (χ1n) is 6.98. The van der Waals surface area contributed by atoms with Crippen LogP contribution in [0.5, 0.6) is 0 Å². The van der Waals surface area contributed by atoms with Crippen LogP contribution in [0.25, 0.3) is 0 Å². The highest BCUT2D eigenvalue weighted by Gasteiger charge is 2.24. The minimum Gasteiger partial charge on any atom is -0.370 e. The standard InChI is InChI=1S/C16H15BrF2N2O/c1-10-6-12(17)8-20-16(10)21-4-5-22-15(9-21)11-2-3-13(18)14(19)7-11/h2-3,6-8,15H,4-5,9H2,1H3. The fraction of sp³-hybridized carbons (Fsp3) is 0.312. The van der Waals surface area contributed by atoms with Crippen LogP contribution in [-0.4, -0.2) is 24.7 Å². The number of nitrogens with zero attached hydrogens (tertiary/aromatic N) is 2. The van der Waals surface area contributed by atoms with Crippen LogP contribution >= 0.6 is 15.9 Å². The van der Waals surface area contributed by atoms with Gasteiger partial charge >= 0.3 is 0 Å². The molecular weight excluding hydrogens is 354 g/mol. The Kier molecular flexibility index (Phi) is 4.40. The Bertz CT molecular complexity index is 696. The van der Waals surface area contributed by atoms with Crippen molar-refractivity contribution < 1.29 is 13.5 Å². The van der Waals surface area contributed by atoms with Gasteiger partial charge in [0.05, 0.1) is 6.61 Å². The summed E-state index contributed by atoms with van der Waals surface area (Å²) in [6.45, 7) is 3.78. The van der Waals surface area contributed by atoms with E-state index in [-0.39, 0.29) is 6.10 Å². The van der Waals surface area contributed by atoms with E-state index >= 15 is 0 Å². The second kappa shape index (κ2) is 6.30. The van der Waals surface area contributed by atoms with Gasteiger partial charge in [-0.1, -0.05) is 6.07 Å². The molecule has 1 unspecified atom stereocenters. The van der Waals surface area contributed by atoms with Crippen molar-refractivity contribution in [2.75, 3.05) is 24.6 Å². The molecule has 1 saturated heterocycles. The second-order valence-electron chi connectivity index (χ2n) is 5.27. The van der Waals surface area contributed by atoms with E-state index < -0.39 is 11.6 Å². The minimum atomic E-state index is -0.851. The maximum absolute atomic E-state index is 13.4. The molecule has 3 nitrogen and oxygen atoms in total. The van der Waals surface area contributed by atoms with Gasteiger partial charge in [-0.3, -0.25) is 0 Å². The SMILES string of the molecule is Cc1cc(Br)cnc1N1CCOC(c2ccc(F)c(F)c2)C1. The highest BCUT2D eigenvalue weighted by molar-refractivity contribution is 9.10. The lowest BCUT2D eigenvalue weighted by Crippen LogP contribution is -2.39. The van der Waals surface area contributed by atoms with Crippen LogP contribution in [0, 0.1) is 18.6 Å². The summed E-state index contributed by atoms with van der Waals surface area (Å²) < 4.78 is 33.1. The number of aryl methyl sites for hydroxylation is 1. The van der Waals surface area contributed by atoms with Gasteiger partial charge in [0.2, 0.25) is 0 Å². The molecule has 1 aliphatic rings. The van der Waals surface area contributed by atoms with E-state index in [0.717, 1.165) is 28.5 Å². The lowest BCUT2D eigenvalue weighted by atomic mass is 10.1. The van der Waals surface area contributed by atoms with Crippen LogP contribution < -0.4 is 4.90 Å². The first-order valence-corrected chi connectivity index (χ1v) is 7.77. The lowest BCUT2D eigenvalue weighted by molar-refractivity contribution is 0.0392. The fourth-order valence-electron chi connectivity index (χ4n) is 2.62. The van der Waals surface area contributed by atoms with Gasteiger partial charge < -0.3 is 9.64 Å². The molecule has 0 N–H and O–H groups in total. The summed E-state index contributed by atoms with van der Waals surface area (Å²) in [5, 5.41) is 0. The zero-order valence-corrected chi connectivity index (χ0v) is 13.6. The van der Waals surface area contributed by atoms with Crippen LogP contribution in [-0.2, 0) is 4.74 Å². The van der Waals surface area contributed by atoms with Crippen molar-refractivity contribution in [2.24, 2.45) is 0 Å². The largest absolute Gasteiger partial charge is 0.370 e. The number of pyridine rings is 1. The minimum absolute atomic E-state index is 0.298. The number of anilines is 1. The predicted molar refractivity (Wildman–Crippen MR) is 83.9 cm³/mol. The van der Waals surface area contributed by atoms with E-state index in [0.29, 0.717) is 18.7 Å². The molecule has 116 valence electrons. The van der Waals surface area contributed by atoms with Gasteiger partial charge in [-0.15, -0.1) is 0 Å². The van der Waals surface area contributed by atoms with Crippen LogP contribution in [0.2, 0.25) is 0 Å². The Balaban J connectivity index is 1.83. The molecule has 0 radical (unpaired) electrons. The van der Waals surface area contributed by atoms with Gasteiger partial charge in [-0.2, -0.15) is 0 Å². The quantitative estimate of drug-likeness (QED) is 0.800. The molecule has 22 heavy (non-hydrogen) atoms. The third-order valence-electron chi connectivity index (χ3n) is 3.70. The third kappa shape index (κ3) is 3.13. The molecule has 2 aromatic rings. The Morgan fingerprint density at radius 2 is 2.09 bits per heavy atom. The molecule has 0 amide bonds. The van der Waals surface area contributed by atoms with Crippen molar-refractivity contribution >= 4 is 21.7 Å². The molecule has 1 fully saturated rings. The maximum atomic E-state index is 13.4. The van der Waals surface area contributed by atoms with E-state index in [1.807, 2.05) is 13.0 Å². The topological polar surface area (TPSA) is 25.4 Å². The van der Waals surface area contributed by atoms with Gasteiger partial charge in [0.1, 0.15) is 11.9 Å². The molecule has 0 aliphatic carbocycles. The summed E-state index contributed by atoms with van der Waals surface area (Å²) in [4.78, 5) is 6.56. The summed E-state index contributed by atoms with van der Waals surface area (Å²) in [6, 6.07) is 5.90. The Morgan fingerprint density at radius 3 is 2.82 bits per heavy atom. The Labute approximate surface area is 136 Å². The van der Waals surface area contributed by atoms with Crippen LogP contribution in [0.4, 0.5) is 14.6 Å². The molecule has 0 spiro atoms. The van der Waals surface area contributed by atoms with Crippen molar-refractivity contribution in [2.45, 2.75) is 13.0 Å². The average molecular weight is 369 g/mol. The number of halogens is 3. The maximum Gasteiger partial charge on any atom is 0.159 e. The normalized spacial score (nSPS) is 18.5. The third-order valence-corrected chi connectivity index (χ3v) is 4.13. The van der Waals surface area contributed by atoms with Crippen molar-refractivity contribution in [3.8, 4) is 0 Å². The first-order chi connectivity index (χ1) is 10.5. The lowest BCUT2D eigenvalue weighted by Gasteiger charge is -2.34. The van der Waals surface area contributed by atoms with Crippen LogP contribution in [0.3, 0.4) is 0 Å². The number of rotatable bonds is 2. The molecule has 2 heterocycles. The van der Waals surface area contributed by atoms with E-state index in [1.54, 1.807) is 12.3 Å². The number of benzene rings is 1.